The lowest BCUT2D eigenvalue weighted by atomic mass is 10.2. The largest absolute Gasteiger partial charge is 0.494 e. The predicted molar refractivity (Wildman–Crippen MR) is 74.4 cm³/mol. The van der Waals surface area contributed by atoms with Gasteiger partial charge in [-0.25, -0.2) is 4.39 Å². The second-order valence-electron chi connectivity index (χ2n) is 4.88. The fourth-order valence-electron chi connectivity index (χ4n) is 1.81. The van der Waals surface area contributed by atoms with Gasteiger partial charge in [0, 0.05) is 19.6 Å². The smallest absolute Gasteiger partial charge is 0.317 e. The first-order valence-electron chi connectivity index (χ1n) is 6.33. The monoisotopic (exact) mass is 284 g/mol. The molecular formula is C14H21FN2O3. The molecule has 1 aromatic rings. The fraction of sp³-hybridized carbons (Fsp3) is 0.500. The standard InChI is InChI=1S/C14H21FN2O3/c1-16(2)6-7-17(10-14(18)19)9-11-4-5-13(20-3)12(15)8-11/h4-5,8H,6-7,9-10H2,1-3H3,(H,18,19). The van der Waals surface area contributed by atoms with Crippen LogP contribution in [0.25, 0.3) is 0 Å². The van der Waals surface area contributed by atoms with E-state index >= 15 is 0 Å². The van der Waals surface area contributed by atoms with Gasteiger partial charge in [0.05, 0.1) is 13.7 Å². The first kappa shape index (κ1) is 16.4. The Balaban J connectivity index is 2.72. The Morgan fingerprint density at radius 1 is 1.35 bits per heavy atom. The van der Waals surface area contributed by atoms with Crippen LogP contribution < -0.4 is 4.74 Å². The van der Waals surface area contributed by atoms with Gasteiger partial charge in [0.15, 0.2) is 11.6 Å². The third kappa shape index (κ3) is 5.54. The molecule has 5 nitrogen and oxygen atoms in total. The molecule has 1 N–H and O–H groups in total. The van der Waals surface area contributed by atoms with Crippen LogP contribution in [0.1, 0.15) is 5.56 Å². The van der Waals surface area contributed by atoms with Crippen molar-refractivity contribution in [2.45, 2.75) is 6.54 Å². The van der Waals surface area contributed by atoms with Crippen molar-refractivity contribution in [3.8, 4) is 5.75 Å². The minimum absolute atomic E-state index is 0.0680. The van der Waals surface area contributed by atoms with Crippen LogP contribution >= 0.6 is 0 Å². The van der Waals surface area contributed by atoms with Crippen molar-refractivity contribution in [2.75, 3.05) is 40.8 Å². The van der Waals surface area contributed by atoms with E-state index in [0.717, 1.165) is 12.1 Å². The number of halogens is 1. The number of ether oxygens (including phenoxy) is 1. The van der Waals surface area contributed by atoms with E-state index in [1.807, 2.05) is 19.0 Å². The van der Waals surface area contributed by atoms with Crippen LogP contribution in [0, 0.1) is 5.82 Å². The summed E-state index contributed by atoms with van der Waals surface area (Å²) in [4.78, 5) is 14.6. The summed E-state index contributed by atoms with van der Waals surface area (Å²) >= 11 is 0. The van der Waals surface area contributed by atoms with Gasteiger partial charge in [-0.3, -0.25) is 9.69 Å². The number of likely N-dealkylation sites (N-methyl/N-ethyl adjacent to an activating group) is 1. The van der Waals surface area contributed by atoms with E-state index in [0.29, 0.717) is 13.1 Å². The predicted octanol–water partition coefficient (Wildman–Crippen LogP) is 1.28. The number of carboxylic acids is 1. The zero-order valence-corrected chi connectivity index (χ0v) is 12.1. The van der Waals surface area contributed by atoms with Gasteiger partial charge in [-0.05, 0) is 31.8 Å². The first-order chi connectivity index (χ1) is 9.42. The van der Waals surface area contributed by atoms with Crippen LogP contribution in [0.3, 0.4) is 0 Å². The van der Waals surface area contributed by atoms with Crippen molar-refractivity contribution in [3.63, 3.8) is 0 Å². The molecule has 0 heterocycles. The van der Waals surface area contributed by atoms with Crippen molar-refractivity contribution < 1.29 is 19.0 Å². The molecule has 20 heavy (non-hydrogen) atoms. The average molecular weight is 284 g/mol. The summed E-state index contributed by atoms with van der Waals surface area (Å²) < 4.78 is 18.5. The molecule has 0 atom stereocenters. The minimum atomic E-state index is -0.891. The summed E-state index contributed by atoms with van der Waals surface area (Å²) in [6, 6.07) is 4.67. The Bertz CT molecular complexity index is 452. The summed E-state index contributed by atoms with van der Waals surface area (Å²) in [5, 5.41) is 8.91. The molecule has 0 unspecified atom stereocenters. The summed E-state index contributed by atoms with van der Waals surface area (Å²) in [5.74, 6) is -1.14. The van der Waals surface area contributed by atoms with Crippen LogP contribution in [0.4, 0.5) is 4.39 Å². The van der Waals surface area contributed by atoms with Crippen LogP contribution in [0.15, 0.2) is 18.2 Å². The number of hydrogen-bond acceptors (Lipinski definition) is 4. The number of rotatable bonds is 8. The number of benzene rings is 1. The lowest BCUT2D eigenvalue weighted by Gasteiger charge is -2.22. The van der Waals surface area contributed by atoms with Crippen LogP contribution in [0.2, 0.25) is 0 Å². The number of nitrogens with zero attached hydrogens (tertiary/aromatic N) is 2. The Kier molecular flexibility index (Phi) is 6.41. The molecule has 0 aliphatic carbocycles. The molecule has 0 saturated heterocycles. The highest BCUT2D eigenvalue weighted by atomic mass is 19.1. The molecule has 112 valence electrons. The van der Waals surface area contributed by atoms with E-state index in [4.69, 9.17) is 9.84 Å². The molecule has 0 spiro atoms. The zero-order valence-electron chi connectivity index (χ0n) is 12.1. The van der Waals surface area contributed by atoms with E-state index in [9.17, 15) is 9.18 Å². The van der Waals surface area contributed by atoms with Crippen molar-refractivity contribution in [1.82, 2.24) is 9.80 Å². The van der Waals surface area contributed by atoms with E-state index in [1.165, 1.54) is 13.2 Å². The highest BCUT2D eigenvalue weighted by molar-refractivity contribution is 5.69. The SMILES string of the molecule is COc1ccc(CN(CCN(C)C)CC(=O)O)cc1F. The van der Waals surface area contributed by atoms with Crippen molar-refractivity contribution in [3.05, 3.63) is 29.6 Å². The second-order valence-corrected chi connectivity index (χ2v) is 4.88. The van der Waals surface area contributed by atoms with E-state index in [1.54, 1.807) is 17.0 Å². The van der Waals surface area contributed by atoms with Gasteiger partial charge < -0.3 is 14.7 Å². The molecule has 0 saturated carbocycles. The molecule has 0 radical (unpaired) electrons. The maximum absolute atomic E-state index is 13.6. The van der Waals surface area contributed by atoms with Gasteiger partial charge in [-0.2, -0.15) is 0 Å². The molecule has 6 heteroatoms. The average Bonchev–Trinajstić information content (AvgIpc) is 2.35. The third-order valence-electron chi connectivity index (χ3n) is 2.84. The number of hydrogen-bond donors (Lipinski definition) is 1. The Labute approximate surface area is 118 Å². The van der Waals surface area contributed by atoms with Gasteiger partial charge in [0.25, 0.3) is 0 Å². The lowest BCUT2D eigenvalue weighted by molar-refractivity contribution is -0.138. The molecular weight excluding hydrogens is 263 g/mol. The number of carboxylic acid groups (broad SMARTS) is 1. The normalized spacial score (nSPS) is 11.1. The van der Waals surface area contributed by atoms with Crippen LogP contribution in [-0.4, -0.2) is 61.7 Å². The van der Waals surface area contributed by atoms with Gasteiger partial charge in [-0.1, -0.05) is 6.07 Å². The molecule has 0 bridgehead atoms. The maximum atomic E-state index is 13.6. The first-order valence-corrected chi connectivity index (χ1v) is 6.33. The Morgan fingerprint density at radius 2 is 2.05 bits per heavy atom. The lowest BCUT2D eigenvalue weighted by Crippen LogP contribution is -2.35. The number of aliphatic carboxylic acids is 1. The quantitative estimate of drug-likeness (QED) is 0.779. The highest BCUT2D eigenvalue weighted by Crippen LogP contribution is 2.18. The summed E-state index contributed by atoms with van der Waals surface area (Å²) in [7, 11) is 5.25. The van der Waals surface area contributed by atoms with E-state index < -0.39 is 11.8 Å². The topological polar surface area (TPSA) is 53.0 Å². The summed E-state index contributed by atoms with van der Waals surface area (Å²) in [5.41, 5.74) is 0.725. The molecule has 0 aliphatic heterocycles. The second kappa shape index (κ2) is 7.81. The summed E-state index contributed by atoms with van der Waals surface area (Å²) in [6.45, 7) is 1.67. The molecule has 1 aromatic carbocycles. The Hall–Kier alpha value is -1.66. The van der Waals surface area contributed by atoms with Crippen LogP contribution in [0.5, 0.6) is 5.75 Å². The van der Waals surface area contributed by atoms with Crippen molar-refractivity contribution in [2.24, 2.45) is 0 Å². The van der Waals surface area contributed by atoms with Gasteiger partial charge in [-0.15, -0.1) is 0 Å². The van der Waals surface area contributed by atoms with Gasteiger partial charge >= 0.3 is 5.97 Å². The highest BCUT2D eigenvalue weighted by Gasteiger charge is 2.12. The zero-order chi connectivity index (χ0) is 15.1. The molecule has 0 aliphatic rings. The number of methoxy groups -OCH3 is 1. The van der Waals surface area contributed by atoms with E-state index in [-0.39, 0.29) is 12.3 Å². The maximum Gasteiger partial charge on any atom is 0.317 e. The Morgan fingerprint density at radius 3 is 2.55 bits per heavy atom. The minimum Gasteiger partial charge on any atom is -0.494 e. The van der Waals surface area contributed by atoms with Crippen molar-refractivity contribution in [1.29, 1.82) is 0 Å². The summed E-state index contributed by atoms with van der Waals surface area (Å²) in [6.07, 6.45) is 0. The third-order valence-corrected chi connectivity index (χ3v) is 2.84. The number of carbonyl (C=O) groups is 1. The van der Waals surface area contributed by atoms with E-state index in [2.05, 4.69) is 0 Å². The van der Waals surface area contributed by atoms with Crippen LogP contribution in [-0.2, 0) is 11.3 Å². The molecule has 0 amide bonds. The fourth-order valence-corrected chi connectivity index (χ4v) is 1.81. The van der Waals surface area contributed by atoms with Gasteiger partial charge in [0.2, 0.25) is 0 Å². The van der Waals surface area contributed by atoms with Crippen molar-refractivity contribution >= 4 is 5.97 Å². The molecule has 1 rings (SSSR count). The molecule has 0 aromatic heterocycles. The molecule has 0 fully saturated rings. The van der Waals surface area contributed by atoms with Gasteiger partial charge in [0.1, 0.15) is 0 Å².